The summed E-state index contributed by atoms with van der Waals surface area (Å²) in [5, 5.41) is 0.241. The molecule has 3 heteroatoms. The van der Waals surface area contributed by atoms with E-state index in [0.29, 0.717) is 0 Å². The van der Waals surface area contributed by atoms with Crippen LogP contribution < -0.4 is 0 Å². The van der Waals surface area contributed by atoms with E-state index in [-0.39, 0.29) is 9.70 Å². The third-order valence-corrected chi connectivity index (χ3v) is 2.66. The molecule has 1 atom stereocenters. The third kappa shape index (κ3) is 4.60. The number of hydrogen-bond donors (Lipinski definition) is 0. The van der Waals surface area contributed by atoms with Gasteiger partial charge in [-0.15, -0.1) is 6.58 Å². The van der Waals surface area contributed by atoms with Crippen molar-refractivity contribution in [1.82, 2.24) is 0 Å². The fourth-order valence-electron chi connectivity index (χ4n) is 0.248. The van der Waals surface area contributed by atoms with Crippen LogP contribution >= 0.6 is 23.5 Å². The largest absolute Gasteiger partial charge is 0.274 e. The van der Waals surface area contributed by atoms with E-state index in [1.165, 1.54) is 23.5 Å². The molecule has 0 aromatic carbocycles. The molecule has 0 bridgehead atoms. The highest BCUT2D eigenvalue weighted by Crippen LogP contribution is 2.19. The van der Waals surface area contributed by atoms with Crippen molar-refractivity contribution < 1.29 is 4.79 Å². The molecule has 0 spiro atoms. The monoisotopic (exact) mass is 162 g/mol. The van der Waals surface area contributed by atoms with Gasteiger partial charge in [0.15, 0.2) is 0 Å². The number of rotatable bonds is 2. The minimum atomic E-state index is 0.155. The van der Waals surface area contributed by atoms with Crippen LogP contribution in [0.15, 0.2) is 12.7 Å². The van der Waals surface area contributed by atoms with Crippen LogP contribution in [-0.4, -0.2) is 16.0 Å². The van der Waals surface area contributed by atoms with Crippen LogP contribution in [-0.2, 0) is 0 Å². The number of hydrogen-bond acceptors (Lipinski definition) is 3. The van der Waals surface area contributed by atoms with E-state index in [2.05, 4.69) is 6.58 Å². The highest BCUT2D eigenvalue weighted by Gasteiger charge is 2.03. The standard InChI is InChI=1S/C6H10OS2/c1-4-5(2)9-6(7)8-3/h4-5H,1H2,2-3H3/t5-/m0/s1. The van der Waals surface area contributed by atoms with Crippen molar-refractivity contribution in [2.24, 2.45) is 0 Å². The Morgan fingerprint density at radius 3 is 2.67 bits per heavy atom. The molecule has 0 rings (SSSR count). The quantitative estimate of drug-likeness (QED) is 0.581. The summed E-state index contributed by atoms with van der Waals surface area (Å²) in [5.41, 5.74) is 0. The van der Waals surface area contributed by atoms with Crippen molar-refractivity contribution in [3.63, 3.8) is 0 Å². The first-order chi connectivity index (χ1) is 4.20. The first-order valence-corrected chi connectivity index (χ1v) is 4.68. The predicted octanol–water partition coefficient (Wildman–Crippen LogP) is 2.78. The van der Waals surface area contributed by atoms with Gasteiger partial charge in [-0.25, -0.2) is 0 Å². The molecule has 0 aliphatic carbocycles. The zero-order valence-corrected chi connectivity index (χ0v) is 7.22. The summed E-state index contributed by atoms with van der Waals surface area (Å²) in [6.07, 6.45) is 3.55. The first kappa shape index (κ1) is 9.11. The summed E-state index contributed by atoms with van der Waals surface area (Å²) in [6.45, 7) is 5.52. The van der Waals surface area contributed by atoms with E-state index >= 15 is 0 Å². The van der Waals surface area contributed by atoms with E-state index in [4.69, 9.17) is 0 Å². The molecule has 0 radical (unpaired) electrons. The molecule has 0 aliphatic rings. The second-order valence-electron chi connectivity index (χ2n) is 1.51. The molecule has 0 unspecified atom stereocenters. The lowest BCUT2D eigenvalue weighted by molar-refractivity contribution is 0.276. The maximum absolute atomic E-state index is 10.7. The molecule has 0 fully saturated rings. The summed E-state index contributed by atoms with van der Waals surface area (Å²) in [4.78, 5) is 10.7. The fourth-order valence-corrected chi connectivity index (χ4v) is 1.49. The Hall–Kier alpha value is 0.110. The Kier molecular flexibility index (Phi) is 5.00. The predicted molar refractivity (Wildman–Crippen MR) is 46.2 cm³/mol. The van der Waals surface area contributed by atoms with Gasteiger partial charge in [-0.1, -0.05) is 29.6 Å². The van der Waals surface area contributed by atoms with Crippen molar-refractivity contribution in [2.75, 3.05) is 6.26 Å². The maximum Gasteiger partial charge on any atom is 0.246 e. The average Bonchev–Trinajstić information content (AvgIpc) is 1.87. The number of carbonyl (C=O) groups is 1. The molecule has 1 nitrogen and oxygen atoms in total. The second-order valence-corrected chi connectivity index (χ2v) is 3.90. The molecule has 0 aromatic heterocycles. The van der Waals surface area contributed by atoms with Gasteiger partial charge in [0, 0.05) is 5.25 Å². The van der Waals surface area contributed by atoms with Crippen LogP contribution in [0.3, 0.4) is 0 Å². The van der Waals surface area contributed by atoms with E-state index in [1.54, 1.807) is 12.3 Å². The van der Waals surface area contributed by atoms with Gasteiger partial charge in [-0.3, -0.25) is 4.79 Å². The second kappa shape index (κ2) is 4.94. The molecule has 0 aromatic rings. The van der Waals surface area contributed by atoms with Gasteiger partial charge < -0.3 is 0 Å². The Morgan fingerprint density at radius 2 is 2.33 bits per heavy atom. The van der Waals surface area contributed by atoms with E-state index in [1.807, 2.05) is 6.92 Å². The molecule has 0 aliphatic heterocycles. The lowest BCUT2D eigenvalue weighted by Crippen LogP contribution is -1.91. The SMILES string of the molecule is C=C[C@H](C)SC(=O)SC. The minimum absolute atomic E-state index is 0.155. The number of thioether (sulfide) groups is 2. The first-order valence-electron chi connectivity index (χ1n) is 2.58. The topological polar surface area (TPSA) is 17.1 Å². The Bertz CT molecular complexity index is 112. The molecule has 0 amide bonds. The lowest BCUT2D eigenvalue weighted by Gasteiger charge is -1.99. The van der Waals surface area contributed by atoms with Crippen LogP contribution in [0.1, 0.15) is 6.92 Å². The van der Waals surface area contributed by atoms with Crippen LogP contribution in [0.25, 0.3) is 0 Å². The van der Waals surface area contributed by atoms with Crippen LogP contribution in [0.2, 0.25) is 0 Å². The lowest BCUT2D eigenvalue weighted by atomic mass is 10.5. The van der Waals surface area contributed by atoms with E-state index in [9.17, 15) is 4.79 Å². The zero-order chi connectivity index (χ0) is 7.28. The van der Waals surface area contributed by atoms with Crippen LogP contribution in [0.4, 0.5) is 4.79 Å². The highest BCUT2D eigenvalue weighted by molar-refractivity contribution is 8.38. The number of carbonyl (C=O) groups excluding carboxylic acids is 1. The summed E-state index contributed by atoms with van der Waals surface area (Å²) in [5.74, 6) is 0. The molecule has 0 heterocycles. The summed E-state index contributed by atoms with van der Waals surface area (Å²) < 4.78 is 0.155. The fraction of sp³-hybridized carbons (Fsp3) is 0.500. The van der Waals surface area contributed by atoms with Gasteiger partial charge in [0.25, 0.3) is 0 Å². The smallest absolute Gasteiger partial charge is 0.246 e. The molecule has 0 N–H and O–H groups in total. The van der Waals surface area contributed by atoms with Gasteiger partial charge in [0.05, 0.1) is 0 Å². The van der Waals surface area contributed by atoms with Crippen molar-refractivity contribution >= 4 is 28.0 Å². The zero-order valence-electron chi connectivity index (χ0n) is 5.59. The Morgan fingerprint density at radius 1 is 1.78 bits per heavy atom. The molecular formula is C6H10OS2. The molecule has 9 heavy (non-hydrogen) atoms. The average molecular weight is 162 g/mol. The van der Waals surface area contributed by atoms with Gasteiger partial charge >= 0.3 is 0 Å². The Balaban J connectivity index is 3.46. The van der Waals surface area contributed by atoms with Crippen molar-refractivity contribution in [3.8, 4) is 0 Å². The molecule has 0 saturated heterocycles. The minimum Gasteiger partial charge on any atom is -0.274 e. The molecule has 0 saturated carbocycles. The third-order valence-electron chi connectivity index (χ3n) is 0.781. The van der Waals surface area contributed by atoms with Gasteiger partial charge in [-0.2, -0.15) is 0 Å². The van der Waals surface area contributed by atoms with Crippen molar-refractivity contribution in [1.29, 1.82) is 0 Å². The van der Waals surface area contributed by atoms with E-state index < -0.39 is 0 Å². The Labute approximate surface area is 64.3 Å². The molecule has 52 valence electrons. The summed E-state index contributed by atoms with van der Waals surface area (Å²) in [6, 6.07) is 0. The van der Waals surface area contributed by atoms with Crippen molar-refractivity contribution in [3.05, 3.63) is 12.7 Å². The molecular weight excluding hydrogens is 152 g/mol. The highest BCUT2D eigenvalue weighted by atomic mass is 32.2. The van der Waals surface area contributed by atoms with Gasteiger partial charge in [0.1, 0.15) is 0 Å². The van der Waals surface area contributed by atoms with Crippen LogP contribution in [0.5, 0.6) is 0 Å². The summed E-state index contributed by atoms with van der Waals surface area (Å²) >= 11 is 2.55. The van der Waals surface area contributed by atoms with Crippen LogP contribution in [0, 0.1) is 0 Å². The van der Waals surface area contributed by atoms with Crippen molar-refractivity contribution in [2.45, 2.75) is 12.2 Å². The normalized spacial score (nSPS) is 12.7. The van der Waals surface area contributed by atoms with E-state index in [0.717, 1.165) is 0 Å². The summed E-state index contributed by atoms with van der Waals surface area (Å²) in [7, 11) is 0. The van der Waals surface area contributed by atoms with Gasteiger partial charge in [-0.05, 0) is 13.2 Å². The maximum atomic E-state index is 10.7. The van der Waals surface area contributed by atoms with Gasteiger partial charge in [0.2, 0.25) is 4.45 Å².